The standard InChI is InChI=1S/C9H18.H3O4P/c1-7(2)8(3)9(4,5)6;1-5(2,3)4/h1-6H3;(H3,1,2,3,4)/p-3. The van der Waals surface area contributed by atoms with Gasteiger partial charge in [-0.15, -0.1) is 0 Å². The van der Waals surface area contributed by atoms with Crippen LogP contribution < -0.4 is 14.7 Å². The normalized spacial score (nSPS) is 11.5. The van der Waals surface area contributed by atoms with Gasteiger partial charge in [-0.05, 0) is 26.2 Å². The highest BCUT2D eigenvalue weighted by atomic mass is 31.2. The van der Waals surface area contributed by atoms with E-state index in [1.807, 2.05) is 0 Å². The number of phosphoric acid groups is 1. The van der Waals surface area contributed by atoms with Crippen LogP contribution in [0.2, 0.25) is 0 Å². The molecule has 0 radical (unpaired) electrons. The van der Waals surface area contributed by atoms with Gasteiger partial charge in [-0.2, -0.15) is 7.82 Å². The van der Waals surface area contributed by atoms with Gasteiger partial charge in [-0.1, -0.05) is 31.9 Å². The molecular formula is C9H18O4P-3. The Balaban J connectivity index is 0. The van der Waals surface area contributed by atoms with Crippen molar-refractivity contribution < 1.29 is 19.2 Å². The Morgan fingerprint density at radius 3 is 1.21 bits per heavy atom. The molecule has 0 aliphatic carbocycles. The maximum atomic E-state index is 8.55. The highest BCUT2D eigenvalue weighted by Crippen LogP contribution is 2.26. The molecule has 0 N–H and O–H groups in total. The smallest absolute Gasteiger partial charge is 0.0173 e. The maximum absolute atomic E-state index is 8.55. The summed E-state index contributed by atoms with van der Waals surface area (Å²) < 4.78 is 8.55. The molecule has 5 heteroatoms. The fourth-order valence-electron chi connectivity index (χ4n) is 0.750. The molecule has 0 spiro atoms. The van der Waals surface area contributed by atoms with Crippen molar-refractivity contribution in [1.29, 1.82) is 0 Å². The predicted molar refractivity (Wildman–Crippen MR) is 51.1 cm³/mol. The van der Waals surface area contributed by atoms with Gasteiger partial charge in [0.2, 0.25) is 0 Å². The fraction of sp³-hybridized carbons (Fsp3) is 0.778. The van der Waals surface area contributed by atoms with E-state index in [1.54, 1.807) is 0 Å². The van der Waals surface area contributed by atoms with E-state index in [9.17, 15) is 0 Å². The van der Waals surface area contributed by atoms with Crippen LogP contribution >= 0.6 is 7.82 Å². The van der Waals surface area contributed by atoms with E-state index in [1.165, 1.54) is 11.1 Å². The Morgan fingerprint density at radius 1 is 1.00 bits per heavy atom. The summed E-state index contributed by atoms with van der Waals surface area (Å²) >= 11 is 0. The van der Waals surface area contributed by atoms with E-state index in [0.717, 1.165) is 0 Å². The second-order valence-electron chi connectivity index (χ2n) is 4.32. The van der Waals surface area contributed by atoms with Crippen LogP contribution in [0.25, 0.3) is 0 Å². The molecule has 0 saturated heterocycles. The van der Waals surface area contributed by atoms with Gasteiger partial charge in [0.05, 0.1) is 0 Å². The number of hydrogen-bond acceptors (Lipinski definition) is 4. The first kappa shape index (κ1) is 16.3. The molecule has 0 bridgehead atoms. The first-order chi connectivity index (χ1) is 5.85. The molecule has 0 aliphatic heterocycles. The van der Waals surface area contributed by atoms with Gasteiger partial charge in [-0.3, -0.25) is 0 Å². The van der Waals surface area contributed by atoms with Crippen LogP contribution in [-0.4, -0.2) is 0 Å². The molecule has 0 fully saturated rings. The summed E-state index contributed by atoms with van der Waals surface area (Å²) in [6.07, 6.45) is 0. The first-order valence-corrected chi connectivity index (χ1v) is 5.69. The molecule has 4 nitrogen and oxygen atoms in total. The highest BCUT2D eigenvalue weighted by Gasteiger charge is 2.12. The average molecular weight is 221 g/mol. The average Bonchev–Trinajstić information content (AvgIpc) is 1.79. The third kappa shape index (κ3) is 14.4. The number of hydrogen-bond donors (Lipinski definition) is 0. The van der Waals surface area contributed by atoms with Gasteiger partial charge in [-0.25, -0.2) is 0 Å². The van der Waals surface area contributed by atoms with Crippen molar-refractivity contribution in [2.24, 2.45) is 5.41 Å². The van der Waals surface area contributed by atoms with E-state index in [0.29, 0.717) is 5.41 Å². The fourth-order valence-corrected chi connectivity index (χ4v) is 0.750. The minimum atomic E-state index is -5.39. The summed E-state index contributed by atoms with van der Waals surface area (Å²) in [6.45, 7) is 13.3. The molecule has 0 saturated carbocycles. The zero-order valence-electron chi connectivity index (χ0n) is 9.58. The third-order valence-electron chi connectivity index (χ3n) is 1.88. The molecule has 0 aromatic carbocycles. The summed E-state index contributed by atoms with van der Waals surface area (Å²) in [5.74, 6) is 0. The quantitative estimate of drug-likeness (QED) is 0.442. The summed E-state index contributed by atoms with van der Waals surface area (Å²) in [6, 6.07) is 0. The van der Waals surface area contributed by atoms with Crippen molar-refractivity contribution in [2.75, 3.05) is 0 Å². The molecule has 0 atom stereocenters. The third-order valence-corrected chi connectivity index (χ3v) is 1.88. The lowest BCUT2D eigenvalue weighted by molar-refractivity contribution is -0.432. The van der Waals surface area contributed by atoms with Crippen LogP contribution in [0, 0.1) is 5.41 Å². The van der Waals surface area contributed by atoms with Gasteiger partial charge in [0.15, 0.2) is 0 Å². The molecule has 0 amide bonds. The van der Waals surface area contributed by atoms with Crippen molar-refractivity contribution >= 4 is 7.82 Å². The number of allylic oxidation sites excluding steroid dienone is 2. The molecule has 0 aromatic heterocycles. The van der Waals surface area contributed by atoms with Crippen LogP contribution in [0.4, 0.5) is 0 Å². The van der Waals surface area contributed by atoms with Gasteiger partial charge < -0.3 is 19.2 Å². The van der Waals surface area contributed by atoms with Crippen molar-refractivity contribution in [3.05, 3.63) is 11.1 Å². The Kier molecular flexibility index (Phi) is 6.59. The Morgan fingerprint density at radius 2 is 1.21 bits per heavy atom. The zero-order chi connectivity index (χ0) is 12.2. The lowest BCUT2D eigenvalue weighted by Crippen LogP contribution is -2.24. The van der Waals surface area contributed by atoms with E-state index in [-0.39, 0.29) is 0 Å². The maximum Gasteiger partial charge on any atom is -0.0173 e. The molecule has 14 heavy (non-hydrogen) atoms. The second kappa shape index (κ2) is 5.66. The largest absolute Gasteiger partial charge is 0.822 e. The van der Waals surface area contributed by atoms with Gasteiger partial charge in [0.1, 0.15) is 0 Å². The predicted octanol–water partition coefficient (Wildman–Crippen LogP) is 0.564. The van der Waals surface area contributed by atoms with Crippen LogP contribution in [0.15, 0.2) is 11.1 Å². The van der Waals surface area contributed by atoms with Crippen molar-refractivity contribution in [3.8, 4) is 0 Å². The Hall–Kier alpha value is -0.150. The Bertz CT molecular complexity index is 232. The zero-order valence-corrected chi connectivity index (χ0v) is 10.5. The van der Waals surface area contributed by atoms with E-state index in [4.69, 9.17) is 19.2 Å². The SMILES string of the molecule is CC(C)=C(C)C(C)(C)C.O=P([O-])([O-])[O-]. The van der Waals surface area contributed by atoms with Crippen molar-refractivity contribution in [2.45, 2.75) is 41.5 Å². The first-order valence-electron chi connectivity index (χ1n) is 4.23. The monoisotopic (exact) mass is 221 g/mol. The molecule has 0 heterocycles. The van der Waals surface area contributed by atoms with Crippen LogP contribution in [0.1, 0.15) is 41.5 Å². The summed E-state index contributed by atoms with van der Waals surface area (Å²) in [4.78, 5) is 25.6. The van der Waals surface area contributed by atoms with Crippen LogP contribution in [0.3, 0.4) is 0 Å². The summed E-state index contributed by atoms with van der Waals surface area (Å²) in [5, 5.41) is 0. The van der Waals surface area contributed by atoms with Gasteiger partial charge in [0.25, 0.3) is 0 Å². The minimum absolute atomic E-state index is 0.360. The van der Waals surface area contributed by atoms with Crippen LogP contribution in [-0.2, 0) is 4.57 Å². The molecular weight excluding hydrogens is 203 g/mol. The Labute approximate surface area is 85.9 Å². The van der Waals surface area contributed by atoms with Gasteiger partial charge >= 0.3 is 0 Å². The van der Waals surface area contributed by atoms with Crippen molar-refractivity contribution in [1.82, 2.24) is 0 Å². The molecule has 0 rings (SSSR count). The topological polar surface area (TPSA) is 86.2 Å². The molecule has 0 unspecified atom stereocenters. The van der Waals surface area contributed by atoms with Crippen molar-refractivity contribution in [3.63, 3.8) is 0 Å². The highest BCUT2D eigenvalue weighted by molar-refractivity contribution is 7.40. The van der Waals surface area contributed by atoms with E-state index >= 15 is 0 Å². The second-order valence-corrected chi connectivity index (χ2v) is 5.22. The molecule has 0 aromatic rings. The lowest BCUT2D eigenvalue weighted by atomic mass is 9.85. The van der Waals surface area contributed by atoms with Gasteiger partial charge in [0, 0.05) is 0 Å². The minimum Gasteiger partial charge on any atom is -0.822 e. The summed E-state index contributed by atoms with van der Waals surface area (Å²) in [5.41, 5.74) is 3.31. The molecule has 86 valence electrons. The van der Waals surface area contributed by atoms with E-state index < -0.39 is 7.82 Å². The number of rotatable bonds is 0. The van der Waals surface area contributed by atoms with Crippen LogP contribution in [0.5, 0.6) is 0 Å². The summed E-state index contributed by atoms with van der Waals surface area (Å²) in [7, 11) is -5.39. The molecule has 0 aliphatic rings. The van der Waals surface area contributed by atoms with E-state index in [2.05, 4.69) is 41.5 Å². The lowest BCUT2D eigenvalue weighted by Gasteiger charge is -2.36.